The molecule has 4 heteroatoms. The summed E-state index contributed by atoms with van der Waals surface area (Å²) in [5, 5.41) is 0. The molecule has 1 aromatic heterocycles. The van der Waals surface area contributed by atoms with Crippen molar-refractivity contribution >= 4 is 23.4 Å². The zero-order chi connectivity index (χ0) is 17.7. The molecule has 0 saturated carbocycles. The highest BCUT2D eigenvalue weighted by Crippen LogP contribution is 2.51. The van der Waals surface area contributed by atoms with E-state index in [1.807, 2.05) is 11.3 Å². The third kappa shape index (κ3) is 2.55. The van der Waals surface area contributed by atoms with Crippen LogP contribution in [0.5, 0.6) is 0 Å². The maximum Gasteiger partial charge on any atom is 0.310 e. The summed E-state index contributed by atoms with van der Waals surface area (Å²) in [5.74, 6) is 0.353. The standard InChI is InChI=1S/C22H23NO2S/c1-25-22(24)21-18-12-16-7-9-19(21)23(16)13-15(18)11-17-8-10-20(26-17)14-5-3-2-4-6-14/h2-6,8,10-11,16,18-19,21H,7,9,12-13H2,1H3/b15-11+/t16-,18+,19+,21-/m0/s1. The molecule has 2 aromatic rings. The molecule has 0 spiro atoms. The zero-order valence-electron chi connectivity index (χ0n) is 14.9. The normalized spacial score (nSPS) is 33.6. The molecule has 0 amide bonds. The van der Waals surface area contributed by atoms with E-state index in [0.29, 0.717) is 18.0 Å². The number of benzene rings is 1. The van der Waals surface area contributed by atoms with Crippen LogP contribution in [0.2, 0.25) is 0 Å². The molecule has 6 rings (SSSR count). The summed E-state index contributed by atoms with van der Waals surface area (Å²) in [7, 11) is 1.53. The van der Waals surface area contributed by atoms with Gasteiger partial charge in [0.25, 0.3) is 0 Å². The molecule has 1 aromatic carbocycles. The number of rotatable bonds is 3. The number of esters is 1. The lowest BCUT2D eigenvalue weighted by molar-refractivity contribution is -0.153. The Morgan fingerprint density at radius 1 is 1.19 bits per heavy atom. The molecular weight excluding hydrogens is 342 g/mol. The topological polar surface area (TPSA) is 29.5 Å². The summed E-state index contributed by atoms with van der Waals surface area (Å²) in [4.78, 5) is 17.6. The first-order valence-electron chi connectivity index (χ1n) is 9.44. The summed E-state index contributed by atoms with van der Waals surface area (Å²) in [6.07, 6.45) is 5.83. The van der Waals surface area contributed by atoms with Gasteiger partial charge in [-0.05, 0) is 49.0 Å². The molecule has 1 unspecified atom stereocenters. The van der Waals surface area contributed by atoms with E-state index >= 15 is 0 Å². The first-order valence-corrected chi connectivity index (χ1v) is 10.3. The number of hydrogen-bond acceptors (Lipinski definition) is 4. The third-order valence-electron chi connectivity index (χ3n) is 6.39. The number of thiophene rings is 1. The highest BCUT2D eigenvalue weighted by Gasteiger charge is 2.55. The molecular formula is C22H23NO2S. The van der Waals surface area contributed by atoms with E-state index < -0.39 is 0 Å². The van der Waals surface area contributed by atoms with Gasteiger partial charge in [0, 0.05) is 28.4 Å². The second-order valence-electron chi connectivity index (χ2n) is 7.65. The van der Waals surface area contributed by atoms with E-state index in [2.05, 4.69) is 53.4 Å². The predicted octanol–water partition coefficient (Wildman–Crippen LogP) is 4.45. The number of fused-ring (bicyclic) bond motifs is 1. The smallest absolute Gasteiger partial charge is 0.310 e. The van der Waals surface area contributed by atoms with Gasteiger partial charge in [0.15, 0.2) is 0 Å². The fraction of sp³-hybridized carbons (Fsp3) is 0.409. The van der Waals surface area contributed by atoms with Crippen LogP contribution in [0.15, 0.2) is 48.0 Å². The summed E-state index contributed by atoms with van der Waals surface area (Å²) in [6, 6.07) is 16.0. The molecule has 4 fully saturated rings. The summed E-state index contributed by atoms with van der Waals surface area (Å²) < 4.78 is 5.16. The monoisotopic (exact) mass is 365 g/mol. The van der Waals surface area contributed by atoms with Crippen molar-refractivity contribution in [1.82, 2.24) is 4.90 Å². The molecule has 26 heavy (non-hydrogen) atoms. The van der Waals surface area contributed by atoms with E-state index in [-0.39, 0.29) is 11.9 Å². The van der Waals surface area contributed by atoms with Crippen LogP contribution in [0, 0.1) is 11.8 Å². The molecule has 5 heterocycles. The summed E-state index contributed by atoms with van der Waals surface area (Å²) in [5.41, 5.74) is 2.68. The predicted molar refractivity (Wildman–Crippen MR) is 105 cm³/mol. The van der Waals surface area contributed by atoms with Crippen LogP contribution in [-0.4, -0.2) is 36.6 Å². The maximum absolute atomic E-state index is 12.5. The minimum Gasteiger partial charge on any atom is -0.469 e. The van der Waals surface area contributed by atoms with Crippen molar-refractivity contribution < 1.29 is 9.53 Å². The third-order valence-corrected chi connectivity index (χ3v) is 7.47. The zero-order valence-corrected chi connectivity index (χ0v) is 15.7. The quantitative estimate of drug-likeness (QED) is 0.753. The van der Waals surface area contributed by atoms with E-state index in [4.69, 9.17) is 4.74 Å². The van der Waals surface area contributed by atoms with Gasteiger partial charge in [-0.1, -0.05) is 35.9 Å². The molecule has 0 aliphatic carbocycles. The minimum atomic E-state index is -0.0212. The van der Waals surface area contributed by atoms with Crippen LogP contribution in [0.4, 0.5) is 0 Å². The average molecular weight is 365 g/mol. The maximum atomic E-state index is 12.5. The lowest BCUT2D eigenvalue weighted by Gasteiger charge is -2.50. The number of nitrogens with zero attached hydrogens (tertiary/aromatic N) is 1. The lowest BCUT2D eigenvalue weighted by Crippen LogP contribution is -2.58. The number of piperidine rings is 3. The molecule has 4 bridgehead atoms. The Balaban J connectivity index is 1.45. The number of carbonyl (C=O) groups excluding carboxylic acids is 1. The van der Waals surface area contributed by atoms with Crippen LogP contribution < -0.4 is 0 Å². The van der Waals surface area contributed by atoms with Gasteiger partial charge in [-0.3, -0.25) is 9.69 Å². The van der Waals surface area contributed by atoms with E-state index in [1.165, 1.54) is 34.4 Å². The summed E-state index contributed by atoms with van der Waals surface area (Å²) >= 11 is 1.83. The first-order chi connectivity index (χ1) is 12.7. The highest BCUT2D eigenvalue weighted by molar-refractivity contribution is 7.16. The van der Waals surface area contributed by atoms with Gasteiger partial charge in [-0.25, -0.2) is 0 Å². The Morgan fingerprint density at radius 3 is 2.85 bits per heavy atom. The van der Waals surface area contributed by atoms with Crippen molar-refractivity contribution in [2.75, 3.05) is 13.7 Å². The van der Waals surface area contributed by atoms with Crippen molar-refractivity contribution in [3.05, 3.63) is 52.9 Å². The second kappa shape index (κ2) is 6.36. The van der Waals surface area contributed by atoms with E-state index in [9.17, 15) is 4.79 Å². The van der Waals surface area contributed by atoms with Crippen LogP contribution in [0.1, 0.15) is 24.1 Å². The van der Waals surface area contributed by atoms with Crippen molar-refractivity contribution in [2.24, 2.45) is 11.8 Å². The van der Waals surface area contributed by atoms with Gasteiger partial charge in [-0.2, -0.15) is 0 Å². The molecule has 4 aliphatic heterocycles. The van der Waals surface area contributed by atoms with Gasteiger partial charge in [-0.15, -0.1) is 11.3 Å². The van der Waals surface area contributed by atoms with Gasteiger partial charge in [0.1, 0.15) is 0 Å². The van der Waals surface area contributed by atoms with Gasteiger partial charge in [0.05, 0.1) is 13.0 Å². The molecule has 0 radical (unpaired) electrons. The average Bonchev–Trinajstić information content (AvgIpc) is 3.26. The Kier molecular flexibility index (Phi) is 3.98. The van der Waals surface area contributed by atoms with Crippen LogP contribution >= 0.6 is 11.3 Å². The first kappa shape index (κ1) is 16.3. The van der Waals surface area contributed by atoms with Crippen molar-refractivity contribution in [2.45, 2.75) is 31.3 Å². The summed E-state index contributed by atoms with van der Waals surface area (Å²) in [6.45, 7) is 1.02. The fourth-order valence-corrected chi connectivity index (χ4v) is 6.24. The largest absolute Gasteiger partial charge is 0.469 e. The number of carbonyl (C=O) groups is 1. The van der Waals surface area contributed by atoms with Crippen LogP contribution in [0.25, 0.3) is 16.5 Å². The van der Waals surface area contributed by atoms with Gasteiger partial charge < -0.3 is 4.74 Å². The van der Waals surface area contributed by atoms with Gasteiger partial charge in [0.2, 0.25) is 0 Å². The second-order valence-corrected chi connectivity index (χ2v) is 8.76. The highest BCUT2D eigenvalue weighted by atomic mass is 32.1. The minimum absolute atomic E-state index is 0.0207. The fourth-order valence-electron chi connectivity index (χ4n) is 5.25. The number of hydrogen-bond donors (Lipinski definition) is 0. The van der Waals surface area contributed by atoms with E-state index in [1.54, 1.807) is 0 Å². The SMILES string of the molecule is COC(=O)[C@H]1[C@@H]2C[C@@H]3CC[C@H]1N3C/C2=C\c1ccc(-c2ccccc2)s1. The Labute approximate surface area is 158 Å². The van der Waals surface area contributed by atoms with Crippen LogP contribution in [-0.2, 0) is 9.53 Å². The molecule has 0 N–H and O–H groups in total. The van der Waals surface area contributed by atoms with Crippen LogP contribution in [0.3, 0.4) is 0 Å². The molecule has 5 atom stereocenters. The van der Waals surface area contributed by atoms with Gasteiger partial charge >= 0.3 is 5.97 Å². The number of methoxy groups -OCH3 is 1. The number of ether oxygens (including phenoxy) is 1. The van der Waals surface area contributed by atoms with Crippen molar-refractivity contribution in [3.63, 3.8) is 0 Å². The van der Waals surface area contributed by atoms with Crippen molar-refractivity contribution in [3.8, 4) is 10.4 Å². The molecule has 4 aliphatic rings. The van der Waals surface area contributed by atoms with Crippen molar-refractivity contribution in [1.29, 1.82) is 0 Å². The molecule has 4 saturated heterocycles. The Hall–Kier alpha value is -1.91. The lowest BCUT2D eigenvalue weighted by atomic mass is 9.71. The van der Waals surface area contributed by atoms with E-state index in [0.717, 1.165) is 19.4 Å². The molecule has 134 valence electrons. The Morgan fingerprint density at radius 2 is 2.04 bits per heavy atom. The molecule has 3 nitrogen and oxygen atoms in total. The Bertz CT molecular complexity index is 856.